The maximum absolute atomic E-state index is 12.6. The van der Waals surface area contributed by atoms with Gasteiger partial charge in [0.15, 0.2) is 0 Å². The zero-order valence-electron chi connectivity index (χ0n) is 16.1. The Hall–Kier alpha value is -2.54. The zero-order valence-corrected chi connectivity index (χ0v) is 16.9. The SMILES string of the molecule is COc1ccc(C=Cc2cc(C3CCCCC3)cc(=O)n2OS(C)(=O)=O)cc1. The number of ether oxygens (including phenoxy) is 1. The second kappa shape index (κ2) is 8.65. The molecular formula is C21H25NO5S. The van der Waals surface area contributed by atoms with E-state index in [1.165, 1.54) is 12.5 Å². The second-order valence-corrected chi connectivity index (χ2v) is 8.62. The fourth-order valence-corrected chi connectivity index (χ4v) is 3.93. The van der Waals surface area contributed by atoms with E-state index >= 15 is 0 Å². The summed E-state index contributed by atoms with van der Waals surface area (Å²) in [5.74, 6) is 1.07. The fourth-order valence-electron chi connectivity index (χ4n) is 3.50. The second-order valence-electron chi connectivity index (χ2n) is 7.07. The van der Waals surface area contributed by atoms with Crippen LogP contribution in [0.4, 0.5) is 0 Å². The summed E-state index contributed by atoms with van der Waals surface area (Å²) >= 11 is 0. The van der Waals surface area contributed by atoms with E-state index in [1.54, 1.807) is 19.3 Å². The summed E-state index contributed by atoms with van der Waals surface area (Å²) in [7, 11) is -2.24. The lowest BCUT2D eigenvalue weighted by atomic mass is 9.84. The van der Waals surface area contributed by atoms with Gasteiger partial charge < -0.3 is 4.74 Å². The van der Waals surface area contributed by atoms with Crippen molar-refractivity contribution in [3.05, 3.63) is 63.6 Å². The molecule has 1 saturated carbocycles. The molecule has 6 nitrogen and oxygen atoms in total. The molecule has 1 aliphatic rings. The first-order valence-corrected chi connectivity index (χ1v) is 11.2. The molecule has 0 saturated heterocycles. The Morgan fingerprint density at radius 2 is 1.71 bits per heavy atom. The average Bonchev–Trinajstić information content (AvgIpc) is 2.68. The molecule has 2 aromatic rings. The van der Waals surface area contributed by atoms with Gasteiger partial charge in [-0.3, -0.25) is 9.08 Å². The lowest BCUT2D eigenvalue weighted by molar-refractivity contribution is 0.266. The highest BCUT2D eigenvalue weighted by atomic mass is 32.2. The van der Waals surface area contributed by atoms with Gasteiger partial charge in [0, 0.05) is 6.07 Å². The van der Waals surface area contributed by atoms with Crippen LogP contribution in [0.1, 0.15) is 54.8 Å². The number of nitrogens with zero attached hydrogens (tertiary/aromatic N) is 1. The lowest BCUT2D eigenvalue weighted by Crippen LogP contribution is -2.32. The van der Waals surface area contributed by atoms with Crippen LogP contribution >= 0.6 is 0 Å². The molecule has 1 heterocycles. The van der Waals surface area contributed by atoms with E-state index in [4.69, 9.17) is 9.02 Å². The van der Waals surface area contributed by atoms with Crippen LogP contribution < -0.4 is 14.6 Å². The van der Waals surface area contributed by atoms with Gasteiger partial charge in [-0.15, -0.1) is 4.73 Å². The maximum atomic E-state index is 12.6. The average molecular weight is 404 g/mol. The van der Waals surface area contributed by atoms with Gasteiger partial charge in [0.2, 0.25) is 0 Å². The molecule has 0 radical (unpaired) electrons. The first kappa shape index (κ1) is 20.2. The smallest absolute Gasteiger partial charge is 0.324 e. The first-order chi connectivity index (χ1) is 13.4. The molecule has 7 heteroatoms. The number of rotatable bonds is 6. The van der Waals surface area contributed by atoms with Gasteiger partial charge in [-0.25, -0.2) is 0 Å². The van der Waals surface area contributed by atoms with E-state index in [-0.39, 0.29) is 0 Å². The molecule has 0 N–H and O–H groups in total. The van der Waals surface area contributed by atoms with Crippen LogP contribution in [0.25, 0.3) is 12.2 Å². The van der Waals surface area contributed by atoms with Gasteiger partial charge in [-0.05, 0) is 54.2 Å². The monoisotopic (exact) mass is 403 g/mol. The number of hydrogen-bond donors (Lipinski definition) is 0. The van der Waals surface area contributed by atoms with Crippen LogP contribution in [0.3, 0.4) is 0 Å². The van der Waals surface area contributed by atoms with Crippen molar-refractivity contribution >= 4 is 22.3 Å². The normalized spacial score (nSPS) is 15.6. The van der Waals surface area contributed by atoms with E-state index in [9.17, 15) is 13.2 Å². The van der Waals surface area contributed by atoms with Crippen LogP contribution in [0.15, 0.2) is 41.2 Å². The summed E-state index contributed by atoms with van der Waals surface area (Å²) in [6.45, 7) is 0. The predicted molar refractivity (Wildman–Crippen MR) is 110 cm³/mol. The van der Waals surface area contributed by atoms with E-state index in [1.807, 2.05) is 30.3 Å². The Bertz CT molecular complexity index is 1000. The van der Waals surface area contributed by atoms with Crippen LogP contribution in [-0.4, -0.2) is 26.5 Å². The molecule has 0 unspecified atom stereocenters. The summed E-state index contributed by atoms with van der Waals surface area (Å²) in [5.41, 5.74) is 1.74. The van der Waals surface area contributed by atoms with Crippen molar-refractivity contribution < 1.29 is 17.4 Å². The topological polar surface area (TPSA) is 74.6 Å². The molecule has 1 fully saturated rings. The standard InChI is InChI=1S/C21H25NO5S/c1-26-20-12-9-16(10-13-20)8-11-19-14-18(17-6-4-3-5-7-17)15-21(23)22(19)27-28(2,24)25/h8-15,17H,3-7H2,1-2H3. The van der Waals surface area contributed by atoms with Gasteiger partial charge in [0.1, 0.15) is 5.75 Å². The van der Waals surface area contributed by atoms with Crippen molar-refractivity contribution in [2.24, 2.45) is 0 Å². The maximum Gasteiger partial charge on any atom is 0.324 e. The Labute approximate surface area is 165 Å². The molecule has 3 rings (SSSR count). The number of pyridine rings is 1. The number of methoxy groups -OCH3 is 1. The third kappa shape index (κ3) is 5.25. The van der Waals surface area contributed by atoms with Gasteiger partial charge in [0.05, 0.1) is 19.1 Å². The molecule has 0 atom stereocenters. The fraction of sp³-hybridized carbons (Fsp3) is 0.381. The highest BCUT2D eigenvalue weighted by Crippen LogP contribution is 2.32. The summed E-state index contributed by atoms with van der Waals surface area (Å²) in [6.07, 6.45) is 10.0. The lowest BCUT2D eigenvalue weighted by Gasteiger charge is -2.22. The van der Waals surface area contributed by atoms with Crippen molar-refractivity contribution in [1.82, 2.24) is 4.73 Å². The van der Waals surface area contributed by atoms with Crippen molar-refractivity contribution in [2.45, 2.75) is 38.0 Å². The summed E-state index contributed by atoms with van der Waals surface area (Å²) in [6, 6.07) is 10.8. The molecule has 0 spiro atoms. The molecule has 0 bridgehead atoms. The zero-order chi connectivity index (χ0) is 20.1. The molecule has 150 valence electrons. The Morgan fingerprint density at radius 3 is 2.32 bits per heavy atom. The van der Waals surface area contributed by atoms with Crippen LogP contribution in [0.2, 0.25) is 0 Å². The molecule has 0 aliphatic heterocycles. The molecule has 1 aromatic heterocycles. The van der Waals surface area contributed by atoms with E-state index < -0.39 is 15.7 Å². The van der Waals surface area contributed by atoms with Crippen LogP contribution in [-0.2, 0) is 10.1 Å². The number of hydrogen-bond acceptors (Lipinski definition) is 5. The summed E-state index contributed by atoms with van der Waals surface area (Å²) in [4.78, 5) is 12.6. The van der Waals surface area contributed by atoms with Crippen LogP contribution in [0.5, 0.6) is 5.75 Å². The Balaban J connectivity index is 1.99. The molecule has 0 amide bonds. The summed E-state index contributed by atoms with van der Waals surface area (Å²) < 4.78 is 34.2. The van der Waals surface area contributed by atoms with Gasteiger partial charge in [0.25, 0.3) is 5.56 Å². The van der Waals surface area contributed by atoms with Crippen molar-refractivity contribution in [3.63, 3.8) is 0 Å². The number of benzene rings is 1. The van der Waals surface area contributed by atoms with Crippen molar-refractivity contribution in [3.8, 4) is 5.75 Å². The van der Waals surface area contributed by atoms with Crippen LogP contribution in [0, 0.1) is 0 Å². The molecule has 1 aliphatic carbocycles. The molecular weight excluding hydrogens is 378 g/mol. The Kier molecular flexibility index (Phi) is 6.24. The van der Waals surface area contributed by atoms with Crippen molar-refractivity contribution in [2.75, 3.05) is 13.4 Å². The van der Waals surface area contributed by atoms with Gasteiger partial charge in [-0.1, -0.05) is 37.5 Å². The third-order valence-corrected chi connectivity index (χ3v) is 5.31. The van der Waals surface area contributed by atoms with Gasteiger partial charge >= 0.3 is 10.1 Å². The highest BCUT2D eigenvalue weighted by Gasteiger charge is 2.19. The summed E-state index contributed by atoms with van der Waals surface area (Å²) in [5, 5.41) is 0. The van der Waals surface area contributed by atoms with E-state index in [0.29, 0.717) is 11.6 Å². The predicted octanol–water partition coefficient (Wildman–Crippen LogP) is 3.46. The van der Waals surface area contributed by atoms with Gasteiger partial charge in [-0.2, -0.15) is 8.42 Å². The minimum absolute atomic E-state index is 0.322. The number of aromatic nitrogens is 1. The molecule has 28 heavy (non-hydrogen) atoms. The van der Waals surface area contributed by atoms with E-state index in [2.05, 4.69) is 0 Å². The first-order valence-electron chi connectivity index (χ1n) is 9.35. The quantitative estimate of drug-likeness (QED) is 0.738. The Morgan fingerprint density at radius 1 is 1.04 bits per heavy atom. The minimum Gasteiger partial charge on any atom is -0.497 e. The van der Waals surface area contributed by atoms with Crippen molar-refractivity contribution in [1.29, 1.82) is 0 Å². The molecule has 1 aromatic carbocycles. The highest BCUT2D eigenvalue weighted by molar-refractivity contribution is 7.86. The largest absolute Gasteiger partial charge is 0.497 e. The van der Waals surface area contributed by atoms with E-state index in [0.717, 1.165) is 53.5 Å². The third-order valence-electron chi connectivity index (χ3n) is 4.89. The minimum atomic E-state index is -3.84.